The van der Waals surface area contributed by atoms with Crippen LogP contribution in [0.25, 0.3) is 10.9 Å². The normalized spacial score (nSPS) is 10.9. The monoisotopic (exact) mass is 399 g/mol. The second kappa shape index (κ2) is 7.58. The maximum atomic E-state index is 10.8. The first-order valence-corrected chi connectivity index (χ1v) is 8.51. The molecular weight excluding hydrogens is 382 g/mol. The van der Waals surface area contributed by atoms with Crippen LogP contribution in [0.2, 0.25) is 0 Å². The third-order valence-electron chi connectivity index (χ3n) is 3.52. The van der Waals surface area contributed by atoms with Gasteiger partial charge in [0.05, 0.1) is 5.52 Å². The van der Waals surface area contributed by atoms with Gasteiger partial charge in [-0.25, -0.2) is 9.97 Å². The van der Waals surface area contributed by atoms with E-state index in [-0.39, 0.29) is 0 Å². The van der Waals surface area contributed by atoms with Gasteiger partial charge in [-0.15, -0.1) is 0 Å². The highest BCUT2D eigenvalue weighted by Gasteiger charge is 2.06. The van der Waals surface area contributed by atoms with Crippen LogP contribution in [0.5, 0.6) is 0 Å². The summed E-state index contributed by atoms with van der Waals surface area (Å²) in [4.78, 5) is 21.7. The quantitative estimate of drug-likeness (QED) is 0.617. The van der Waals surface area contributed by atoms with Gasteiger partial charge in [-0.1, -0.05) is 15.9 Å². The van der Waals surface area contributed by atoms with E-state index >= 15 is 0 Å². The lowest BCUT2D eigenvalue weighted by atomic mass is 10.1. The molecule has 0 bridgehead atoms. The molecule has 0 radical (unpaired) electrons. The lowest BCUT2D eigenvalue weighted by molar-refractivity contribution is -0.105. The van der Waals surface area contributed by atoms with Gasteiger partial charge in [-0.3, -0.25) is 4.79 Å². The summed E-state index contributed by atoms with van der Waals surface area (Å²) in [6.07, 6.45) is 2.45. The summed E-state index contributed by atoms with van der Waals surface area (Å²) in [5.74, 6) is 0.508. The van der Waals surface area contributed by atoms with Crippen LogP contribution in [-0.4, -0.2) is 35.4 Å². The van der Waals surface area contributed by atoms with Gasteiger partial charge in [0.2, 0.25) is 12.4 Å². The average molecular weight is 400 g/mol. The molecule has 1 amide bonds. The molecule has 0 spiro atoms. The lowest BCUT2D eigenvalue weighted by Gasteiger charge is -2.14. The second-order valence-electron chi connectivity index (χ2n) is 5.94. The molecule has 3 rings (SSSR count). The number of carbonyl (C=O) groups is 1. The number of fused-ring (bicyclic) bond motifs is 1. The number of hydrogen-bond acceptors (Lipinski definition) is 5. The predicted octanol–water partition coefficient (Wildman–Crippen LogP) is 3.77. The van der Waals surface area contributed by atoms with Crippen LogP contribution >= 0.6 is 15.9 Å². The summed E-state index contributed by atoms with van der Waals surface area (Å²) in [6.45, 7) is 0.760. The number of nitrogens with one attached hydrogen (secondary N) is 2. The molecule has 2 aromatic carbocycles. The van der Waals surface area contributed by atoms with Gasteiger partial charge < -0.3 is 15.5 Å². The molecule has 25 heavy (non-hydrogen) atoms. The number of amides is 1. The number of rotatable bonds is 6. The largest absolute Gasteiger partial charge is 0.329 e. The van der Waals surface area contributed by atoms with Crippen molar-refractivity contribution in [3.8, 4) is 0 Å². The standard InChI is InChI=1S/C18H18BrN5O/c1-24(2)10-12-5-15(21-11-25)8-16(6-12)22-18-20-9-13-7-14(19)3-4-17(13)23-18/h3-9,11H,10H2,1-2H3,(H,21,25)(H,20,22,23). The maximum Gasteiger partial charge on any atom is 0.227 e. The van der Waals surface area contributed by atoms with Crippen LogP contribution in [0.15, 0.2) is 47.1 Å². The van der Waals surface area contributed by atoms with Crippen molar-refractivity contribution in [2.24, 2.45) is 0 Å². The molecule has 6 nitrogen and oxygen atoms in total. The van der Waals surface area contributed by atoms with E-state index in [4.69, 9.17) is 0 Å². The molecule has 0 aliphatic heterocycles. The van der Waals surface area contributed by atoms with Crippen molar-refractivity contribution in [2.75, 3.05) is 24.7 Å². The van der Waals surface area contributed by atoms with E-state index in [1.165, 1.54) is 0 Å². The Morgan fingerprint density at radius 2 is 1.96 bits per heavy atom. The molecule has 1 heterocycles. The van der Waals surface area contributed by atoms with Gasteiger partial charge in [0.1, 0.15) is 0 Å². The summed E-state index contributed by atoms with van der Waals surface area (Å²) in [5.41, 5.74) is 3.47. The van der Waals surface area contributed by atoms with Gasteiger partial charge in [0.15, 0.2) is 0 Å². The second-order valence-corrected chi connectivity index (χ2v) is 6.86. The number of halogens is 1. The third-order valence-corrected chi connectivity index (χ3v) is 4.01. The first kappa shape index (κ1) is 17.3. The Bertz CT molecular complexity index is 913. The van der Waals surface area contributed by atoms with Gasteiger partial charge in [0, 0.05) is 34.0 Å². The number of benzene rings is 2. The molecule has 0 aliphatic carbocycles. The molecule has 3 aromatic rings. The van der Waals surface area contributed by atoms with E-state index in [1.807, 2.05) is 50.5 Å². The van der Waals surface area contributed by atoms with E-state index in [2.05, 4.69) is 41.4 Å². The fourth-order valence-corrected chi connectivity index (χ4v) is 2.94. The van der Waals surface area contributed by atoms with E-state index < -0.39 is 0 Å². The summed E-state index contributed by atoms with van der Waals surface area (Å²) in [7, 11) is 4.00. The van der Waals surface area contributed by atoms with Crippen LogP contribution in [0.3, 0.4) is 0 Å². The minimum Gasteiger partial charge on any atom is -0.329 e. The molecule has 0 unspecified atom stereocenters. The van der Waals surface area contributed by atoms with Gasteiger partial charge >= 0.3 is 0 Å². The van der Waals surface area contributed by atoms with Crippen LogP contribution in [0, 0.1) is 0 Å². The zero-order valence-corrected chi connectivity index (χ0v) is 15.5. The molecule has 0 atom stereocenters. The smallest absolute Gasteiger partial charge is 0.227 e. The molecule has 7 heteroatoms. The first-order valence-electron chi connectivity index (χ1n) is 7.72. The van der Waals surface area contributed by atoms with Gasteiger partial charge in [-0.2, -0.15) is 0 Å². The van der Waals surface area contributed by atoms with Crippen molar-refractivity contribution in [1.29, 1.82) is 0 Å². The molecule has 128 valence electrons. The number of carbonyl (C=O) groups excluding carboxylic acids is 1. The highest BCUT2D eigenvalue weighted by atomic mass is 79.9. The Balaban J connectivity index is 1.91. The van der Waals surface area contributed by atoms with Crippen molar-refractivity contribution in [3.05, 3.63) is 52.6 Å². The summed E-state index contributed by atoms with van der Waals surface area (Å²) >= 11 is 3.44. The molecule has 0 saturated heterocycles. The Hall–Kier alpha value is -2.51. The van der Waals surface area contributed by atoms with Crippen molar-refractivity contribution < 1.29 is 4.79 Å². The van der Waals surface area contributed by atoms with E-state index in [0.717, 1.165) is 38.9 Å². The summed E-state index contributed by atoms with van der Waals surface area (Å²) in [5, 5.41) is 6.88. The van der Waals surface area contributed by atoms with E-state index in [0.29, 0.717) is 12.4 Å². The molecule has 0 aliphatic rings. The highest BCUT2D eigenvalue weighted by molar-refractivity contribution is 9.10. The minimum atomic E-state index is 0.508. The molecule has 2 N–H and O–H groups in total. The van der Waals surface area contributed by atoms with Crippen molar-refractivity contribution in [1.82, 2.24) is 14.9 Å². The Labute approximate surface area is 154 Å². The third kappa shape index (κ3) is 4.52. The molecule has 1 aromatic heterocycles. The topological polar surface area (TPSA) is 70.2 Å². The first-order chi connectivity index (χ1) is 12.0. The number of aromatic nitrogens is 2. The van der Waals surface area contributed by atoms with Crippen molar-refractivity contribution >= 4 is 50.6 Å². The maximum absolute atomic E-state index is 10.8. The van der Waals surface area contributed by atoms with Crippen LogP contribution in [-0.2, 0) is 11.3 Å². The summed E-state index contributed by atoms with van der Waals surface area (Å²) < 4.78 is 0.991. The molecular formula is C18H18BrN5O. The SMILES string of the molecule is CN(C)Cc1cc(NC=O)cc(Nc2ncc3cc(Br)ccc3n2)c1. The summed E-state index contributed by atoms with van der Waals surface area (Å²) in [6, 6.07) is 11.7. The molecule has 0 saturated carbocycles. The predicted molar refractivity (Wildman–Crippen MR) is 104 cm³/mol. The fourth-order valence-electron chi connectivity index (χ4n) is 2.57. The van der Waals surface area contributed by atoms with Gasteiger partial charge in [-0.05, 0) is 56.1 Å². The van der Waals surface area contributed by atoms with E-state index in [1.54, 1.807) is 6.20 Å². The lowest BCUT2D eigenvalue weighted by Crippen LogP contribution is -2.11. The van der Waals surface area contributed by atoms with Crippen LogP contribution < -0.4 is 10.6 Å². The Morgan fingerprint density at radius 3 is 2.72 bits per heavy atom. The number of hydrogen-bond donors (Lipinski definition) is 2. The fraction of sp³-hybridized carbons (Fsp3) is 0.167. The Kier molecular flexibility index (Phi) is 5.25. The van der Waals surface area contributed by atoms with Crippen LogP contribution in [0.4, 0.5) is 17.3 Å². The number of anilines is 3. The van der Waals surface area contributed by atoms with Crippen molar-refractivity contribution in [3.63, 3.8) is 0 Å². The zero-order valence-electron chi connectivity index (χ0n) is 14.0. The minimum absolute atomic E-state index is 0.508. The highest BCUT2D eigenvalue weighted by Crippen LogP contribution is 2.23. The van der Waals surface area contributed by atoms with Gasteiger partial charge in [0.25, 0.3) is 0 Å². The molecule has 0 fully saturated rings. The van der Waals surface area contributed by atoms with Crippen LogP contribution in [0.1, 0.15) is 5.56 Å². The number of nitrogens with zero attached hydrogens (tertiary/aromatic N) is 3. The van der Waals surface area contributed by atoms with Crippen molar-refractivity contribution in [2.45, 2.75) is 6.54 Å². The average Bonchev–Trinajstić information content (AvgIpc) is 2.54. The Morgan fingerprint density at radius 1 is 1.16 bits per heavy atom. The zero-order chi connectivity index (χ0) is 17.8. The van der Waals surface area contributed by atoms with E-state index in [9.17, 15) is 4.79 Å².